The third-order valence-corrected chi connectivity index (χ3v) is 3.19. The molecule has 0 unspecified atom stereocenters. The maximum atomic E-state index is 4.62. The van der Waals surface area contributed by atoms with Crippen molar-refractivity contribution < 1.29 is 0 Å². The van der Waals surface area contributed by atoms with Gasteiger partial charge in [-0.25, -0.2) is 4.98 Å². The van der Waals surface area contributed by atoms with Crippen molar-refractivity contribution in [2.45, 2.75) is 26.3 Å². The predicted molar refractivity (Wildman–Crippen MR) is 62.3 cm³/mol. The minimum atomic E-state index is 0.978. The van der Waals surface area contributed by atoms with Crippen molar-refractivity contribution in [2.24, 2.45) is 0 Å². The topological polar surface area (TPSA) is 33.4 Å². The molecule has 3 heterocycles. The summed E-state index contributed by atoms with van der Waals surface area (Å²) in [4.78, 5) is 11.2. The lowest BCUT2D eigenvalue weighted by Gasteiger charge is -2.25. The number of imidazole rings is 1. The van der Waals surface area contributed by atoms with E-state index < -0.39 is 0 Å². The zero-order valence-electron chi connectivity index (χ0n) is 9.56. The van der Waals surface area contributed by atoms with Crippen LogP contribution < -0.4 is 0 Å². The fourth-order valence-corrected chi connectivity index (χ4v) is 2.44. The maximum absolute atomic E-state index is 4.62. The summed E-state index contributed by atoms with van der Waals surface area (Å²) in [5.74, 6) is 0. The van der Waals surface area contributed by atoms with Crippen LogP contribution in [-0.4, -0.2) is 32.4 Å². The third-order valence-electron chi connectivity index (χ3n) is 3.19. The SMILES string of the molecule is CCCN1CCc2nc3cnccn3c2C1. The largest absolute Gasteiger partial charge is 0.300 e. The van der Waals surface area contributed by atoms with E-state index in [0.717, 1.165) is 25.2 Å². The van der Waals surface area contributed by atoms with Gasteiger partial charge in [0.15, 0.2) is 5.65 Å². The zero-order valence-corrected chi connectivity index (χ0v) is 9.56. The van der Waals surface area contributed by atoms with Gasteiger partial charge in [0.1, 0.15) is 0 Å². The smallest absolute Gasteiger partial charge is 0.155 e. The quantitative estimate of drug-likeness (QED) is 0.762. The fourth-order valence-electron chi connectivity index (χ4n) is 2.44. The summed E-state index contributed by atoms with van der Waals surface area (Å²) in [6, 6.07) is 0. The fraction of sp³-hybridized carbons (Fsp3) is 0.500. The lowest BCUT2D eigenvalue weighted by molar-refractivity contribution is 0.249. The highest BCUT2D eigenvalue weighted by atomic mass is 15.2. The van der Waals surface area contributed by atoms with E-state index in [9.17, 15) is 0 Å². The molecule has 0 aliphatic carbocycles. The molecule has 2 aromatic rings. The second-order valence-corrected chi connectivity index (χ2v) is 4.34. The molecule has 0 saturated carbocycles. The normalized spacial score (nSPS) is 16.6. The van der Waals surface area contributed by atoms with E-state index in [4.69, 9.17) is 0 Å². The van der Waals surface area contributed by atoms with E-state index >= 15 is 0 Å². The van der Waals surface area contributed by atoms with Gasteiger partial charge in [0.25, 0.3) is 0 Å². The Morgan fingerprint density at radius 3 is 3.25 bits per heavy atom. The highest BCUT2D eigenvalue weighted by Gasteiger charge is 2.20. The predicted octanol–water partition coefficient (Wildman–Crippen LogP) is 1.50. The summed E-state index contributed by atoms with van der Waals surface area (Å²) >= 11 is 0. The number of hydrogen-bond acceptors (Lipinski definition) is 3. The molecule has 0 atom stereocenters. The first-order valence-corrected chi connectivity index (χ1v) is 5.90. The van der Waals surface area contributed by atoms with Crippen LogP contribution in [0.15, 0.2) is 18.6 Å². The van der Waals surface area contributed by atoms with Crippen molar-refractivity contribution in [3.05, 3.63) is 30.0 Å². The highest BCUT2D eigenvalue weighted by molar-refractivity contribution is 5.41. The van der Waals surface area contributed by atoms with Crippen LogP contribution in [0.2, 0.25) is 0 Å². The molecule has 0 bridgehead atoms. The lowest BCUT2D eigenvalue weighted by Crippen LogP contribution is -2.31. The van der Waals surface area contributed by atoms with Crippen LogP contribution in [0.1, 0.15) is 24.7 Å². The van der Waals surface area contributed by atoms with Gasteiger partial charge in [-0.2, -0.15) is 0 Å². The first-order valence-electron chi connectivity index (χ1n) is 5.90. The molecule has 0 spiro atoms. The monoisotopic (exact) mass is 216 g/mol. The Morgan fingerprint density at radius 2 is 2.38 bits per heavy atom. The van der Waals surface area contributed by atoms with E-state index in [1.165, 1.54) is 24.4 Å². The standard InChI is InChI=1S/C12H16N4/c1-2-5-15-6-3-10-11(9-15)16-7-4-13-8-12(16)14-10/h4,7-8H,2-3,5-6,9H2,1H3. The summed E-state index contributed by atoms with van der Waals surface area (Å²) in [5.41, 5.74) is 3.57. The molecule has 3 rings (SSSR count). The number of fused-ring (bicyclic) bond motifs is 3. The molecule has 0 N–H and O–H groups in total. The molecular formula is C12H16N4. The molecule has 0 fully saturated rings. The van der Waals surface area contributed by atoms with Crippen molar-refractivity contribution in [3.63, 3.8) is 0 Å². The Hall–Kier alpha value is -1.42. The second-order valence-electron chi connectivity index (χ2n) is 4.34. The molecule has 0 amide bonds. The molecule has 4 heteroatoms. The van der Waals surface area contributed by atoms with Crippen LogP contribution in [0.5, 0.6) is 0 Å². The van der Waals surface area contributed by atoms with Crippen molar-refractivity contribution in [1.29, 1.82) is 0 Å². The molecule has 2 aromatic heterocycles. The Kier molecular flexibility index (Phi) is 2.36. The molecule has 1 aliphatic heterocycles. The first kappa shape index (κ1) is 9.78. The molecule has 16 heavy (non-hydrogen) atoms. The van der Waals surface area contributed by atoms with Crippen molar-refractivity contribution in [1.82, 2.24) is 19.3 Å². The summed E-state index contributed by atoms with van der Waals surface area (Å²) in [6.07, 6.45) is 7.96. The molecule has 0 saturated heterocycles. The van der Waals surface area contributed by atoms with Crippen LogP contribution in [0, 0.1) is 0 Å². The van der Waals surface area contributed by atoms with Gasteiger partial charge in [0.05, 0.1) is 17.6 Å². The summed E-state index contributed by atoms with van der Waals surface area (Å²) in [7, 11) is 0. The van der Waals surface area contributed by atoms with Gasteiger partial charge in [0, 0.05) is 31.9 Å². The number of rotatable bonds is 2. The van der Waals surface area contributed by atoms with E-state index in [2.05, 4.69) is 26.2 Å². The van der Waals surface area contributed by atoms with Gasteiger partial charge >= 0.3 is 0 Å². The van der Waals surface area contributed by atoms with Gasteiger partial charge < -0.3 is 0 Å². The number of aromatic nitrogens is 3. The molecule has 84 valence electrons. The third kappa shape index (κ3) is 1.50. The molecular weight excluding hydrogens is 200 g/mol. The minimum Gasteiger partial charge on any atom is -0.300 e. The van der Waals surface area contributed by atoms with Gasteiger partial charge in [-0.1, -0.05) is 6.92 Å². The van der Waals surface area contributed by atoms with Crippen LogP contribution in [-0.2, 0) is 13.0 Å². The van der Waals surface area contributed by atoms with Gasteiger partial charge in [-0.15, -0.1) is 0 Å². The van der Waals surface area contributed by atoms with Crippen molar-refractivity contribution >= 4 is 5.65 Å². The summed E-state index contributed by atoms with van der Waals surface area (Å²) in [5, 5.41) is 0. The van der Waals surface area contributed by atoms with E-state index in [1.807, 2.05) is 18.6 Å². The lowest BCUT2D eigenvalue weighted by atomic mass is 10.1. The molecule has 4 nitrogen and oxygen atoms in total. The second kappa shape index (κ2) is 3.87. The van der Waals surface area contributed by atoms with E-state index in [0.29, 0.717) is 0 Å². The Labute approximate surface area is 94.9 Å². The molecule has 0 aromatic carbocycles. The Bertz CT molecular complexity index is 503. The maximum Gasteiger partial charge on any atom is 0.155 e. The first-order chi connectivity index (χ1) is 7.88. The van der Waals surface area contributed by atoms with Crippen LogP contribution >= 0.6 is 0 Å². The van der Waals surface area contributed by atoms with Crippen molar-refractivity contribution in [2.75, 3.05) is 13.1 Å². The van der Waals surface area contributed by atoms with Crippen LogP contribution in [0.4, 0.5) is 0 Å². The number of nitrogens with zero attached hydrogens (tertiary/aromatic N) is 4. The van der Waals surface area contributed by atoms with E-state index in [1.54, 1.807) is 0 Å². The average molecular weight is 216 g/mol. The Balaban J connectivity index is 2.01. The van der Waals surface area contributed by atoms with Gasteiger partial charge in [0.2, 0.25) is 0 Å². The minimum absolute atomic E-state index is 0.978. The van der Waals surface area contributed by atoms with Crippen LogP contribution in [0.25, 0.3) is 5.65 Å². The molecule has 0 radical (unpaired) electrons. The van der Waals surface area contributed by atoms with E-state index in [-0.39, 0.29) is 0 Å². The molecule has 1 aliphatic rings. The van der Waals surface area contributed by atoms with Crippen molar-refractivity contribution in [3.8, 4) is 0 Å². The average Bonchev–Trinajstić information content (AvgIpc) is 2.68. The highest BCUT2D eigenvalue weighted by Crippen LogP contribution is 2.19. The number of hydrogen-bond donors (Lipinski definition) is 0. The zero-order chi connectivity index (χ0) is 11.0. The Morgan fingerprint density at radius 1 is 1.44 bits per heavy atom. The van der Waals surface area contributed by atoms with Crippen LogP contribution in [0.3, 0.4) is 0 Å². The van der Waals surface area contributed by atoms with Gasteiger partial charge in [-0.05, 0) is 13.0 Å². The summed E-state index contributed by atoms with van der Waals surface area (Å²) in [6.45, 7) is 5.57. The summed E-state index contributed by atoms with van der Waals surface area (Å²) < 4.78 is 2.17. The van der Waals surface area contributed by atoms with Gasteiger partial charge in [-0.3, -0.25) is 14.3 Å².